The fraction of sp³-hybridized carbons (Fsp3) is 0.154. The molecule has 4 N–H and O–H groups in total. The standard InChI is InChI=1S/C13H14N2O3/c1-8(11-6-3-7-15-11)18-12-9(13(16)17)4-2-5-10(12)14/h2-8,15H,14H2,1H3,(H,16,17). The molecule has 5 heteroatoms. The summed E-state index contributed by atoms with van der Waals surface area (Å²) in [5, 5.41) is 9.09. The lowest BCUT2D eigenvalue weighted by molar-refractivity contribution is 0.0689. The maximum absolute atomic E-state index is 11.1. The van der Waals surface area contributed by atoms with Crippen molar-refractivity contribution in [1.29, 1.82) is 0 Å². The minimum absolute atomic E-state index is 0.0633. The smallest absolute Gasteiger partial charge is 0.339 e. The molecule has 0 aliphatic carbocycles. The molecule has 0 bridgehead atoms. The summed E-state index contributed by atoms with van der Waals surface area (Å²) in [6.07, 6.45) is 1.48. The molecule has 1 heterocycles. The van der Waals surface area contributed by atoms with Crippen molar-refractivity contribution in [3.8, 4) is 5.75 Å². The Morgan fingerprint density at radius 1 is 1.39 bits per heavy atom. The van der Waals surface area contributed by atoms with Gasteiger partial charge in [0.05, 0.1) is 11.4 Å². The van der Waals surface area contributed by atoms with Crippen LogP contribution in [0.2, 0.25) is 0 Å². The minimum Gasteiger partial charge on any atom is -0.481 e. The van der Waals surface area contributed by atoms with Crippen LogP contribution in [0, 0.1) is 0 Å². The number of nitrogen functional groups attached to an aromatic ring is 1. The molecule has 0 saturated heterocycles. The summed E-state index contributed by atoms with van der Waals surface area (Å²) in [6, 6.07) is 8.38. The van der Waals surface area contributed by atoms with E-state index in [-0.39, 0.29) is 17.4 Å². The molecule has 18 heavy (non-hydrogen) atoms. The summed E-state index contributed by atoms with van der Waals surface area (Å²) in [5.41, 5.74) is 6.99. The number of anilines is 1. The Balaban J connectivity index is 2.31. The zero-order valence-electron chi connectivity index (χ0n) is 9.88. The number of ether oxygens (including phenoxy) is 1. The predicted molar refractivity (Wildman–Crippen MR) is 67.6 cm³/mol. The van der Waals surface area contributed by atoms with E-state index in [1.54, 1.807) is 18.3 Å². The van der Waals surface area contributed by atoms with Gasteiger partial charge < -0.3 is 20.6 Å². The van der Waals surface area contributed by atoms with Crippen LogP contribution in [0.4, 0.5) is 5.69 Å². The van der Waals surface area contributed by atoms with Gasteiger partial charge in [-0.25, -0.2) is 4.79 Å². The van der Waals surface area contributed by atoms with Crippen molar-refractivity contribution in [2.45, 2.75) is 13.0 Å². The Kier molecular flexibility index (Phi) is 3.23. The number of hydrogen-bond acceptors (Lipinski definition) is 3. The molecular formula is C13H14N2O3. The monoisotopic (exact) mass is 246 g/mol. The van der Waals surface area contributed by atoms with Gasteiger partial charge in [0.25, 0.3) is 0 Å². The summed E-state index contributed by atoms with van der Waals surface area (Å²) >= 11 is 0. The van der Waals surface area contributed by atoms with E-state index in [1.807, 2.05) is 19.1 Å². The van der Waals surface area contributed by atoms with Gasteiger partial charge in [0, 0.05) is 6.20 Å². The van der Waals surface area contributed by atoms with Gasteiger partial charge >= 0.3 is 5.97 Å². The van der Waals surface area contributed by atoms with Crippen molar-refractivity contribution in [2.24, 2.45) is 0 Å². The third-order valence-corrected chi connectivity index (χ3v) is 2.63. The number of aromatic amines is 1. The summed E-state index contributed by atoms with van der Waals surface area (Å²) in [4.78, 5) is 14.1. The van der Waals surface area contributed by atoms with E-state index in [1.165, 1.54) is 6.07 Å². The molecule has 1 aromatic heterocycles. The highest BCUT2D eigenvalue weighted by molar-refractivity contribution is 5.93. The van der Waals surface area contributed by atoms with E-state index in [9.17, 15) is 4.79 Å². The Labute approximate surface area is 104 Å². The lowest BCUT2D eigenvalue weighted by atomic mass is 10.1. The number of carboxylic acid groups (broad SMARTS) is 1. The number of aromatic nitrogens is 1. The number of carboxylic acids is 1. The first-order chi connectivity index (χ1) is 8.59. The second kappa shape index (κ2) is 4.83. The van der Waals surface area contributed by atoms with Crippen molar-refractivity contribution >= 4 is 11.7 Å². The first kappa shape index (κ1) is 12.0. The highest BCUT2D eigenvalue weighted by atomic mass is 16.5. The molecule has 2 aromatic rings. The number of H-pyrrole nitrogens is 1. The molecule has 0 spiro atoms. The fourth-order valence-electron chi connectivity index (χ4n) is 1.69. The first-order valence-electron chi connectivity index (χ1n) is 5.51. The van der Waals surface area contributed by atoms with Crippen LogP contribution in [0.3, 0.4) is 0 Å². The number of para-hydroxylation sites is 1. The molecule has 1 unspecified atom stereocenters. The Hall–Kier alpha value is -2.43. The van der Waals surface area contributed by atoms with Gasteiger partial charge in [-0.05, 0) is 31.2 Å². The van der Waals surface area contributed by atoms with Gasteiger partial charge in [-0.3, -0.25) is 0 Å². The minimum atomic E-state index is -1.06. The molecular weight excluding hydrogens is 232 g/mol. The summed E-state index contributed by atoms with van der Waals surface area (Å²) < 4.78 is 5.64. The van der Waals surface area contributed by atoms with E-state index in [2.05, 4.69) is 4.98 Å². The van der Waals surface area contributed by atoms with Gasteiger partial charge in [-0.1, -0.05) is 6.07 Å². The van der Waals surface area contributed by atoms with Gasteiger partial charge in [-0.2, -0.15) is 0 Å². The number of aromatic carboxylic acids is 1. The molecule has 94 valence electrons. The number of nitrogens with one attached hydrogen (secondary N) is 1. The van der Waals surface area contributed by atoms with Crippen LogP contribution in [-0.4, -0.2) is 16.1 Å². The first-order valence-corrected chi connectivity index (χ1v) is 5.51. The quantitative estimate of drug-likeness (QED) is 0.723. The number of nitrogens with two attached hydrogens (primary N) is 1. The summed E-state index contributed by atoms with van der Waals surface area (Å²) in [6.45, 7) is 1.82. The van der Waals surface area contributed by atoms with Crippen LogP contribution < -0.4 is 10.5 Å². The molecule has 0 radical (unpaired) electrons. The lowest BCUT2D eigenvalue weighted by Gasteiger charge is -2.16. The normalized spacial score (nSPS) is 12.1. The topological polar surface area (TPSA) is 88.3 Å². The van der Waals surface area contributed by atoms with Crippen LogP contribution in [0.25, 0.3) is 0 Å². The highest BCUT2D eigenvalue weighted by Crippen LogP contribution is 2.30. The Morgan fingerprint density at radius 3 is 2.78 bits per heavy atom. The van der Waals surface area contributed by atoms with Crippen LogP contribution in [-0.2, 0) is 0 Å². The Morgan fingerprint density at radius 2 is 2.17 bits per heavy atom. The maximum Gasteiger partial charge on any atom is 0.339 e. The lowest BCUT2D eigenvalue weighted by Crippen LogP contribution is -2.09. The zero-order valence-corrected chi connectivity index (χ0v) is 9.88. The predicted octanol–water partition coefficient (Wildman–Crippen LogP) is 2.44. The molecule has 2 rings (SSSR count). The molecule has 0 fully saturated rings. The van der Waals surface area contributed by atoms with Gasteiger partial charge in [0.15, 0.2) is 5.75 Å². The summed E-state index contributed by atoms with van der Waals surface area (Å²) in [5.74, 6) is -0.858. The van der Waals surface area contributed by atoms with E-state index in [0.29, 0.717) is 5.69 Å². The van der Waals surface area contributed by atoms with Crippen molar-refractivity contribution in [3.63, 3.8) is 0 Å². The average Bonchev–Trinajstić information content (AvgIpc) is 2.85. The molecule has 0 aliphatic heterocycles. The van der Waals surface area contributed by atoms with Crippen molar-refractivity contribution in [2.75, 3.05) is 5.73 Å². The maximum atomic E-state index is 11.1. The number of hydrogen-bond donors (Lipinski definition) is 3. The van der Waals surface area contributed by atoms with Crippen molar-refractivity contribution < 1.29 is 14.6 Å². The zero-order chi connectivity index (χ0) is 13.1. The van der Waals surface area contributed by atoms with Crippen LogP contribution in [0.1, 0.15) is 29.1 Å². The molecule has 0 amide bonds. The third kappa shape index (κ3) is 2.29. The molecule has 0 aliphatic rings. The van der Waals surface area contributed by atoms with Gasteiger partial charge in [0.2, 0.25) is 0 Å². The van der Waals surface area contributed by atoms with Crippen LogP contribution in [0.5, 0.6) is 5.75 Å². The molecule has 1 atom stereocenters. The average molecular weight is 246 g/mol. The second-order valence-electron chi connectivity index (χ2n) is 3.91. The number of benzene rings is 1. The molecule has 1 aromatic carbocycles. The van der Waals surface area contributed by atoms with Crippen molar-refractivity contribution in [3.05, 3.63) is 47.8 Å². The van der Waals surface area contributed by atoms with Gasteiger partial charge in [0.1, 0.15) is 11.7 Å². The SMILES string of the molecule is CC(Oc1c(N)cccc1C(=O)O)c1ccc[nH]1. The van der Waals surface area contributed by atoms with Crippen LogP contribution >= 0.6 is 0 Å². The van der Waals surface area contributed by atoms with Gasteiger partial charge in [-0.15, -0.1) is 0 Å². The number of carbonyl (C=O) groups is 1. The fourth-order valence-corrected chi connectivity index (χ4v) is 1.69. The molecule has 5 nitrogen and oxygen atoms in total. The second-order valence-corrected chi connectivity index (χ2v) is 3.91. The summed E-state index contributed by atoms with van der Waals surface area (Å²) in [7, 11) is 0. The highest BCUT2D eigenvalue weighted by Gasteiger charge is 2.17. The largest absolute Gasteiger partial charge is 0.481 e. The van der Waals surface area contributed by atoms with E-state index in [0.717, 1.165) is 5.69 Å². The van der Waals surface area contributed by atoms with Crippen molar-refractivity contribution in [1.82, 2.24) is 4.98 Å². The van der Waals surface area contributed by atoms with E-state index >= 15 is 0 Å². The third-order valence-electron chi connectivity index (χ3n) is 2.63. The van der Waals surface area contributed by atoms with E-state index < -0.39 is 5.97 Å². The molecule has 0 saturated carbocycles. The van der Waals surface area contributed by atoms with Crippen LogP contribution in [0.15, 0.2) is 36.5 Å². The Bertz CT molecular complexity index is 549. The van der Waals surface area contributed by atoms with E-state index in [4.69, 9.17) is 15.6 Å². The number of rotatable bonds is 4.